The number of nitrogens with zero attached hydrogens (tertiary/aromatic N) is 3. The maximum atomic E-state index is 4.30. The number of hydrogen-bond donors (Lipinski definition) is 0. The molecule has 1 aliphatic rings. The summed E-state index contributed by atoms with van der Waals surface area (Å²) in [6.45, 7) is 1.96. The fourth-order valence-corrected chi connectivity index (χ4v) is 1.14. The first kappa shape index (κ1) is 7.16. The smallest absolute Gasteiger partial charge is 0.174 e. The number of rotatable bonds is 0. The van der Waals surface area contributed by atoms with Gasteiger partial charge in [0, 0.05) is 24.5 Å². The largest absolute Gasteiger partial charge is 0.255 e. The lowest BCUT2D eigenvalue weighted by molar-refractivity contribution is 1.05. The molecule has 2 rings (SSSR count). The Bertz CT molecular complexity index is 353. The molecule has 0 aromatic carbocycles. The van der Waals surface area contributed by atoms with E-state index >= 15 is 0 Å². The molecule has 0 saturated carbocycles. The monoisotopic (exact) mass is 159 g/mol. The van der Waals surface area contributed by atoms with Crippen molar-refractivity contribution in [2.45, 2.75) is 13.3 Å². The number of hydrogen-bond acceptors (Lipinski definition) is 3. The van der Waals surface area contributed by atoms with Gasteiger partial charge >= 0.3 is 0 Å². The van der Waals surface area contributed by atoms with Crippen LogP contribution in [0.1, 0.15) is 12.6 Å². The van der Waals surface area contributed by atoms with Gasteiger partial charge in [0.2, 0.25) is 0 Å². The fraction of sp³-hybridized carbons (Fsp3) is 0.222. The molecule has 1 aromatic heterocycles. The zero-order chi connectivity index (χ0) is 8.39. The third-order valence-electron chi connectivity index (χ3n) is 1.70. The summed E-state index contributed by atoms with van der Waals surface area (Å²) in [6.07, 6.45) is 8.23. The summed E-state index contributed by atoms with van der Waals surface area (Å²) in [5, 5.41) is 0. The molecule has 1 aromatic rings. The second-order valence-corrected chi connectivity index (χ2v) is 2.69. The highest BCUT2D eigenvalue weighted by atomic mass is 14.9. The van der Waals surface area contributed by atoms with Gasteiger partial charge in [-0.3, -0.25) is 4.98 Å². The molecule has 0 atom stereocenters. The second-order valence-electron chi connectivity index (χ2n) is 2.69. The summed E-state index contributed by atoms with van der Waals surface area (Å²) in [6, 6.07) is 0. The van der Waals surface area contributed by atoms with Crippen LogP contribution in [-0.4, -0.2) is 15.7 Å². The Labute approximate surface area is 70.9 Å². The van der Waals surface area contributed by atoms with Gasteiger partial charge in [-0.05, 0) is 13.0 Å². The predicted molar refractivity (Wildman–Crippen MR) is 47.6 cm³/mol. The summed E-state index contributed by atoms with van der Waals surface area (Å²) >= 11 is 0. The van der Waals surface area contributed by atoms with Gasteiger partial charge in [-0.2, -0.15) is 0 Å². The van der Waals surface area contributed by atoms with Crippen LogP contribution in [0.4, 0.5) is 5.82 Å². The molecule has 0 aliphatic carbocycles. The minimum atomic E-state index is 0.750. The van der Waals surface area contributed by atoms with Gasteiger partial charge in [0.1, 0.15) is 0 Å². The summed E-state index contributed by atoms with van der Waals surface area (Å²) in [5.41, 5.74) is 1.93. The molecule has 0 unspecified atom stereocenters. The van der Waals surface area contributed by atoms with Crippen molar-refractivity contribution in [1.29, 1.82) is 0 Å². The highest BCUT2D eigenvalue weighted by molar-refractivity contribution is 5.95. The Hall–Kier alpha value is -1.51. The normalized spacial score (nSPS) is 14.9. The molecule has 60 valence electrons. The van der Waals surface area contributed by atoms with Crippen molar-refractivity contribution in [3.05, 3.63) is 30.2 Å². The Balaban J connectivity index is 2.54. The van der Waals surface area contributed by atoms with Crippen LogP contribution in [0, 0.1) is 0 Å². The highest BCUT2D eigenvalue weighted by Gasteiger charge is 2.04. The standard InChI is InChI=1S/C9H9N3/c1-7-3-2-4-8-9(12-7)11-6-5-10-8/h2-3,5-6H,4H2,1H3. The molecule has 0 fully saturated rings. The molecular formula is C9H9N3. The van der Waals surface area contributed by atoms with Crippen LogP contribution in [0.2, 0.25) is 0 Å². The topological polar surface area (TPSA) is 38.1 Å². The average Bonchev–Trinajstić information content (AvgIpc) is 2.25. The third-order valence-corrected chi connectivity index (χ3v) is 1.70. The minimum Gasteiger partial charge on any atom is -0.255 e. The first-order valence-corrected chi connectivity index (χ1v) is 3.88. The van der Waals surface area contributed by atoms with E-state index in [0.717, 1.165) is 23.6 Å². The first-order chi connectivity index (χ1) is 5.86. The molecule has 3 heteroatoms. The van der Waals surface area contributed by atoms with Crippen LogP contribution < -0.4 is 0 Å². The van der Waals surface area contributed by atoms with Crippen molar-refractivity contribution in [1.82, 2.24) is 9.97 Å². The van der Waals surface area contributed by atoms with Crippen molar-refractivity contribution in [3.8, 4) is 0 Å². The molecule has 0 saturated heterocycles. The molecule has 3 nitrogen and oxygen atoms in total. The number of allylic oxidation sites excluding steroid dienone is 2. The van der Waals surface area contributed by atoms with Crippen LogP contribution in [0.15, 0.2) is 29.5 Å². The van der Waals surface area contributed by atoms with Crippen molar-refractivity contribution in [2.24, 2.45) is 4.99 Å². The number of aromatic nitrogens is 2. The summed E-state index contributed by atoms with van der Waals surface area (Å²) < 4.78 is 0. The Morgan fingerprint density at radius 3 is 3.00 bits per heavy atom. The predicted octanol–water partition coefficient (Wildman–Crippen LogP) is 1.68. The molecule has 1 aliphatic heterocycles. The van der Waals surface area contributed by atoms with Gasteiger partial charge in [0.05, 0.1) is 5.69 Å². The third kappa shape index (κ3) is 1.25. The van der Waals surface area contributed by atoms with Gasteiger partial charge < -0.3 is 0 Å². The lowest BCUT2D eigenvalue weighted by Crippen LogP contribution is -1.88. The van der Waals surface area contributed by atoms with E-state index in [0.29, 0.717) is 0 Å². The van der Waals surface area contributed by atoms with Crippen molar-refractivity contribution in [2.75, 3.05) is 0 Å². The summed E-state index contributed by atoms with van der Waals surface area (Å²) in [5.74, 6) is 0.750. The molecule has 2 heterocycles. The van der Waals surface area contributed by atoms with E-state index in [-0.39, 0.29) is 0 Å². The molecular weight excluding hydrogens is 150 g/mol. The van der Waals surface area contributed by atoms with Crippen molar-refractivity contribution in [3.63, 3.8) is 0 Å². The summed E-state index contributed by atoms with van der Waals surface area (Å²) in [4.78, 5) is 12.6. The van der Waals surface area contributed by atoms with E-state index in [1.165, 1.54) is 0 Å². The molecule has 0 spiro atoms. The van der Waals surface area contributed by atoms with E-state index in [4.69, 9.17) is 0 Å². The molecule has 0 N–H and O–H groups in total. The van der Waals surface area contributed by atoms with Crippen molar-refractivity contribution < 1.29 is 0 Å². The second kappa shape index (κ2) is 2.85. The molecule has 0 amide bonds. The van der Waals surface area contributed by atoms with E-state index in [1.807, 2.05) is 13.0 Å². The number of aliphatic imine (C=N–C) groups is 1. The summed E-state index contributed by atoms with van der Waals surface area (Å²) in [7, 11) is 0. The van der Waals surface area contributed by atoms with E-state index in [9.17, 15) is 0 Å². The van der Waals surface area contributed by atoms with Gasteiger partial charge in [-0.25, -0.2) is 9.98 Å². The van der Waals surface area contributed by atoms with Gasteiger partial charge in [0.15, 0.2) is 5.82 Å². The van der Waals surface area contributed by atoms with Crippen LogP contribution >= 0.6 is 0 Å². The Morgan fingerprint density at radius 2 is 2.08 bits per heavy atom. The zero-order valence-corrected chi connectivity index (χ0v) is 6.86. The molecule has 0 radical (unpaired) electrons. The van der Waals surface area contributed by atoms with E-state index < -0.39 is 0 Å². The molecule has 12 heavy (non-hydrogen) atoms. The lowest BCUT2D eigenvalue weighted by Gasteiger charge is -1.96. The molecule has 0 bridgehead atoms. The maximum absolute atomic E-state index is 4.30. The van der Waals surface area contributed by atoms with E-state index in [2.05, 4.69) is 21.0 Å². The fourth-order valence-electron chi connectivity index (χ4n) is 1.14. The number of fused-ring (bicyclic) bond motifs is 1. The Morgan fingerprint density at radius 1 is 1.25 bits per heavy atom. The van der Waals surface area contributed by atoms with Crippen molar-refractivity contribution >= 4 is 11.5 Å². The average molecular weight is 159 g/mol. The van der Waals surface area contributed by atoms with E-state index in [1.54, 1.807) is 12.4 Å². The van der Waals surface area contributed by atoms with Gasteiger partial charge in [-0.1, -0.05) is 6.08 Å². The first-order valence-electron chi connectivity index (χ1n) is 3.88. The minimum absolute atomic E-state index is 0.750. The highest BCUT2D eigenvalue weighted by Crippen LogP contribution is 2.16. The quantitative estimate of drug-likeness (QED) is 0.577. The lowest BCUT2D eigenvalue weighted by atomic mass is 10.3. The van der Waals surface area contributed by atoms with Crippen LogP contribution in [-0.2, 0) is 6.42 Å². The maximum Gasteiger partial charge on any atom is 0.174 e. The zero-order valence-electron chi connectivity index (χ0n) is 6.86. The van der Waals surface area contributed by atoms with Crippen LogP contribution in [0.3, 0.4) is 0 Å². The van der Waals surface area contributed by atoms with Crippen LogP contribution in [0.5, 0.6) is 0 Å². The van der Waals surface area contributed by atoms with Crippen LogP contribution in [0.25, 0.3) is 0 Å². The Kier molecular flexibility index (Phi) is 1.70. The SMILES string of the molecule is CC1=Nc2nccnc2CC=C1. The van der Waals surface area contributed by atoms with Gasteiger partial charge in [-0.15, -0.1) is 0 Å². The van der Waals surface area contributed by atoms with Gasteiger partial charge in [0.25, 0.3) is 0 Å².